The molecule has 124 valence electrons. The molecule has 0 saturated heterocycles. The number of hydrogen-bond acceptors (Lipinski definition) is 6. The Bertz CT molecular complexity index is 778. The van der Waals surface area contributed by atoms with Gasteiger partial charge in [0.15, 0.2) is 0 Å². The smallest absolute Gasteiger partial charge is 0.328 e. The number of nitro benzene ring substituents is 1. The quantitative estimate of drug-likeness (QED) is 0.345. The van der Waals surface area contributed by atoms with Crippen molar-refractivity contribution in [2.75, 3.05) is 6.54 Å². The van der Waals surface area contributed by atoms with Gasteiger partial charge < -0.3 is 9.84 Å². The molecule has 0 radical (unpaired) electrons. The fourth-order valence-corrected chi connectivity index (χ4v) is 2.05. The van der Waals surface area contributed by atoms with E-state index in [0.29, 0.717) is 0 Å². The van der Waals surface area contributed by atoms with Gasteiger partial charge in [-0.3, -0.25) is 19.9 Å². The van der Waals surface area contributed by atoms with Crippen molar-refractivity contribution < 1.29 is 19.6 Å². The molecule has 0 atom stereocenters. The molecule has 0 aliphatic heterocycles. The van der Waals surface area contributed by atoms with Crippen LogP contribution in [0.4, 0.5) is 5.69 Å². The maximum atomic E-state index is 11.8. The molecule has 0 aliphatic carbocycles. The van der Waals surface area contributed by atoms with Gasteiger partial charge in [-0.15, -0.1) is 0 Å². The minimum absolute atomic E-state index is 0.0365. The second-order valence-electron chi connectivity index (χ2n) is 4.72. The summed E-state index contributed by atoms with van der Waals surface area (Å²) in [4.78, 5) is 25.3. The number of benzene rings is 2. The molecule has 0 bridgehead atoms. The Balaban J connectivity index is 1.96. The maximum absolute atomic E-state index is 11.8. The molecule has 2 rings (SSSR count). The fourth-order valence-electron chi connectivity index (χ4n) is 1.83. The van der Waals surface area contributed by atoms with Gasteiger partial charge in [-0.2, -0.15) is 0 Å². The highest BCUT2D eigenvalue weighted by molar-refractivity contribution is 6.31. The summed E-state index contributed by atoms with van der Waals surface area (Å²) in [7, 11) is 0. The first-order valence-corrected chi connectivity index (χ1v) is 7.19. The molecular weight excluding hydrogens is 336 g/mol. The van der Waals surface area contributed by atoms with E-state index in [9.17, 15) is 20.0 Å². The minimum atomic E-state index is -0.820. The van der Waals surface area contributed by atoms with E-state index in [2.05, 4.69) is 4.99 Å². The zero-order valence-corrected chi connectivity index (χ0v) is 13.1. The van der Waals surface area contributed by atoms with Crippen LogP contribution in [-0.2, 0) is 16.1 Å². The molecule has 0 unspecified atom stereocenters. The Hall–Kier alpha value is -2.93. The van der Waals surface area contributed by atoms with Gasteiger partial charge in [0.25, 0.3) is 5.69 Å². The summed E-state index contributed by atoms with van der Waals surface area (Å²) in [6.45, 7) is -0.197. The van der Waals surface area contributed by atoms with Gasteiger partial charge in [-0.25, -0.2) is 0 Å². The van der Waals surface area contributed by atoms with Gasteiger partial charge in [0.1, 0.15) is 13.2 Å². The van der Waals surface area contributed by atoms with Gasteiger partial charge in [-0.05, 0) is 22.9 Å². The van der Waals surface area contributed by atoms with Crippen LogP contribution in [0.1, 0.15) is 11.1 Å². The second-order valence-corrected chi connectivity index (χ2v) is 5.15. The standard InChI is InChI=1S/C16H13ClN2O5/c17-13-6-12(16(21)14(7-13)19(22)23)8-18-9-15(20)24-10-11-4-2-1-3-5-11/h1-8,21H,9-10H2/p-1. The normalized spacial score (nSPS) is 10.7. The number of nitro groups is 1. The lowest BCUT2D eigenvalue weighted by Gasteiger charge is -2.10. The zero-order chi connectivity index (χ0) is 17.5. The van der Waals surface area contributed by atoms with Crippen LogP contribution in [0, 0.1) is 10.1 Å². The molecule has 0 spiro atoms. The third kappa shape index (κ3) is 4.79. The van der Waals surface area contributed by atoms with E-state index >= 15 is 0 Å². The van der Waals surface area contributed by atoms with E-state index in [1.54, 1.807) is 0 Å². The number of carbonyl (C=O) groups excluding carboxylic acids is 1. The van der Waals surface area contributed by atoms with Crippen LogP contribution in [0.5, 0.6) is 5.75 Å². The molecule has 2 aromatic rings. The summed E-state index contributed by atoms with van der Waals surface area (Å²) in [5.41, 5.74) is 0.128. The molecule has 2 aromatic carbocycles. The predicted molar refractivity (Wildman–Crippen MR) is 86.3 cm³/mol. The van der Waals surface area contributed by atoms with E-state index in [0.717, 1.165) is 17.8 Å². The van der Waals surface area contributed by atoms with Crippen molar-refractivity contribution in [2.45, 2.75) is 6.61 Å². The molecule has 0 saturated carbocycles. The van der Waals surface area contributed by atoms with Gasteiger partial charge in [0.05, 0.1) is 4.92 Å². The Morgan fingerprint density at radius 3 is 2.67 bits per heavy atom. The molecular formula is C16H12ClN2O5-. The highest BCUT2D eigenvalue weighted by Crippen LogP contribution is 2.29. The second kappa shape index (κ2) is 8.07. The van der Waals surface area contributed by atoms with Gasteiger partial charge >= 0.3 is 5.97 Å². The summed E-state index contributed by atoms with van der Waals surface area (Å²) in [5, 5.41) is 22.6. The van der Waals surface area contributed by atoms with E-state index in [-0.39, 0.29) is 23.7 Å². The molecule has 0 N–H and O–H groups in total. The van der Waals surface area contributed by atoms with Crippen molar-refractivity contribution in [1.29, 1.82) is 0 Å². The van der Waals surface area contributed by atoms with Gasteiger partial charge in [0.2, 0.25) is 0 Å². The van der Waals surface area contributed by atoms with Crippen molar-refractivity contribution >= 4 is 29.5 Å². The van der Waals surface area contributed by atoms with Crippen LogP contribution >= 0.6 is 11.6 Å². The third-order valence-corrected chi connectivity index (χ3v) is 3.17. The monoisotopic (exact) mass is 347 g/mol. The SMILES string of the molecule is O=C(CN=Cc1cc(Cl)cc([N+](=O)[O-])c1[O-])OCc1ccccc1. The topological polar surface area (TPSA) is 105 Å². The number of carbonyl (C=O) groups is 1. The highest BCUT2D eigenvalue weighted by atomic mass is 35.5. The number of hydrogen-bond donors (Lipinski definition) is 0. The molecule has 0 fully saturated rings. The lowest BCUT2D eigenvalue weighted by molar-refractivity contribution is -0.398. The number of nitrogens with zero attached hydrogens (tertiary/aromatic N) is 2. The summed E-state index contributed by atoms with van der Waals surface area (Å²) >= 11 is 5.73. The Kier molecular flexibility index (Phi) is 5.86. The van der Waals surface area contributed by atoms with Crippen LogP contribution < -0.4 is 5.11 Å². The lowest BCUT2D eigenvalue weighted by Crippen LogP contribution is -2.08. The largest absolute Gasteiger partial charge is 0.867 e. The molecule has 0 heterocycles. The van der Waals surface area contributed by atoms with Crippen molar-refractivity contribution in [3.63, 3.8) is 0 Å². The summed E-state index contributed by atoms with van der Waals surface area (Å²) in [6.07, 6.45) is 1.07. The van der Waals surface area contributed by atoms with Crippen molar-refractivity contribution in [1.82, 2.24) is 0 Å². The molecule has 8 heteroatoms. The van der Waals surface area contributed by atoms with Crippen LogP contribution in [-0.4, -0.2) is 23.7 Å². The predicted octanol–water partition coefficient (Wildman–Crippen LogP) is 2.48. The van der Waals surface area contributed by atoms with Gasteiger partial charge in [-0.1, -0.05) is 41.9 Å². The first kappa shape index (κ1) is 17.4. The maximum Gasteiger partial charge on any atom is 0.328 e. The summed E-state index contributed by atoms with van der Waals surface area (Å²) < 4.78 is 5.02. The van der Waals surface area contributed by atoms with Crippen molar-refractivity contribution in [3.8, 4) is 5.75 Å². The Morgan fingerprint density at radius 1 is 1.29 bits per heavy atom. The average Bonchev–Trinajstić information content (AvgIpc) is 2.56. The number of ether oxygens (including phenoxy) is 1. The van der Waals surface area contributed by atoms with E-state index in [4.69, 9.17) is 16.3 Å². The van der Waals surface area contributed by atoms with Gasteiger partial charge in [0, 0.05) is 17.3 Å². The number of aliphatic imine (C=N–C) groups is 1. The molecule has 0 amide bonds. The number of halogens is 1. The molecule has 0 aromatic heterocycles. The van der Waals surface area contributed by atoms with Crippen LogP contribution in [0.2, 0.25) is 5.02 Å². The van der Waals surface area contributed by atoms with Crippen LogP contribution in [0.3, 0.4) is 0 Å². The van der Waals surface area contributed by atoms with Crippen LogP contribution in [0.15, 0.2) is 47.5 Å². The molecule has 24 heavy (non-hydrogen) atoms. The third-order valence-electron chi connectivity index (χ3n) is 2.95. The van der Waals surface area contributed by atoms with Crippen LogP contribution in [0.25, 0.3) is 0 Å². The first-order valence-electron chi connectivity index (χ1n) is 6.81. The summed E-state index contributed by atoms with van der Waals surface area (Å²) in [5.74, 6) is -1.40. The minimum Gasteiger partial charge on any atom is -0.867 e. The van der Waals surface area contributed by atoms with E-state index < -0.39 is 22.3 Å². The fraction of sp³-hybridized carbons (Fsp3) is 0.125. The number of rotatable bonds is 6. The Labute approximate surface area is 142 Å². The Morgan fingerprint density at radius 2 is 2.00 bits per heavy atom. The summed E-state index contributed by atoms with van der Waals surface area (Å²) in [6, 6.07) is 11.3. The molecule has 7 nitrogen and oxygen atoms in total. The average molecular weight is 348 g/mol. The van der Waals surface area contributed by atoms with Crippen molar-refractivity contribution in [2.24, 2.45) is 4.99 Å². The van der Waals surface area contributed by atoms with E-state index in [1.807, 2.05) is 30.3 Å². The zero-order valence-electron chi connectivity index (χ0n) is 12.3. The highest BCUT2D eigenvalue weighted by Gasteiger charge is 2.11. The number of esters is 1. The first-order chi connectivity index (χ1) is 11.5. The molecule has 0 aliphatic rings. The van der Waals surface area contributed by atoms with E-state index in [1.165, 1.54) is 6.07 Å². The van der Waals surface area contributed by atoms with Crippen molar-refractivity contribution in [3.05, 3.63) is 68.7 Å². The lowest BCUT2D eigenvalue weighted by atomic mass is 10.2.